The van der Waals surface area contributed by atoms with E-state index < -0.39 is 23.7 Å². The van der Waals surface area contributed by atoms with Gasteiger partial charge in [-0.2, -0.15) is 13.2 Å². The van der Waals surface area contributed by atoms with Crippen LogP contribution in [0.1, 0.15) is 39.7 Å². The predicted octanol–water partition coefficient (Wildman–Crippen LogP) is 3.64. The van der Waals surface area contributed by atoms with Gasteiger partial charge in [-0.1, -0.05) is 6.07 Å². The molecule has 0 bridgehead atoms. The van der Waals surface area contributed by atoms with Crippen LogP contribution in [-0.4, -0.2) is 41.5 Å². The highest BCUT2D eigenvalue weighted by molar-refractivity contribution is 6.01. The number of rotatable bonds is 4. The fourth-order valence-electron chi connectivity index (χ4n) is 3.21. The summed E-state index contributed by atoms with van der Waals surface area (Å²) in [5, 5.41) is 2.71. The molecule has 1 heterocycles. The molecular weight excluding hydrogens is 347 g/mol. The monoisotopic (exact) mass is 371 g/mol. The highest BCUT2D eigenvalue weighted by Gasteiger charge is 2.37. The lowest BCUT2D eigenvalue weighted by atomic mass is 10.2. The zero-order valence-electron chi connectivity index (χ0n) is 15.3. The maximum atomic E-state index is 12.9. The van der Waals surface area contributed by atoms with E-state index >= 15 is 0 Å². The average Bonchev–Trinajstić information content (AvgIpc) is 2.87. The molecule has 0 saturated carbocycles. The Hall–Kier alpha value is -2.25. The number of halogens is 3. The van der Waals surface area contributed by atoms with Crippen molar-refractivity contribution in [2.24, 2.45) is 0 Å². The van der Waals surface area contributed by atoms with Gasteiger partial charge in [-0.15, -0.1) is 0 Å². The highest BCUT2D eigenvalue weighted by Crippen LogP contribution is 2.32. The molecule has 3 amide bonds. The number of hydrogen-bond acceptors (Lipinski definition) is 2. The van der Waals surface area contributed by atoms with Crippen molar-refractivity contribution in [2.75, 3.05) is 11.4 Å². The summed E-state index contributed by atoms with van der Waals surface area (Å²) < 4.78 is 38.6. The van der Waals surface area contributed by atoms with Crippen LogP contribution in [0.2, 0.25) is 0 Å². The molecule has 1 N–H and O–H groups in total. The van der Waals surface area contributed by atoms with Gasteiger partial charge >= 0.3 is 12.2 Å². The first-order valence-electron chi connectivity index (χ1n) is 8.60. The number of hydrogen-bond donors (Lipinski definition) is 1. The van der Waals surface area contributed by atoms with Gasteiger partial charge < -0.3 is 15.1 Å². The molecule has 5 nitrogen and oxygen atoms in total. The Morgan fingerprint density at radius 1 is 1.23 bits per heavy atom. The first kappa shape index (κ1) is 20.1. The topological polar surface area (TPSA) is 52.7 Å². The van der Waals surface area contributed by atoms with E-state index in [9.17, 15) is 22.8 Å². The number of anilines is 1. The molecular formula is C18H24F3N3O2. The number of carbonyl (C=O) groups excluding carboxylic acids is 2. The lowest BCUT2D eigenvalue weighted by Crippen LogP contribution is -2.52. The summed E-state index contributed by atoms with van der Waals surface area (Å²) in [7, 11) is 0. The third kappa shape index (κ3) is 4.28. The van der Waals surface area contributed by atoms with Crippen LogP contribution in [0, 0.1) is 0 Å². The Kier molecular flexibility index (Phi) is 5.83. The van der Waals surface area contributed by atoms with Crippen LogP contribution in [-0.2, 0) is 11.0 Å². The maximum Gasteiger partial charge on any atom is 0.416 e. The van der Waals surface area contributed by atoms with Crippen molar-refractivity contribution in [1.82, 2.24) is 10.2 Å². The number of amides is 3. The molecule has 8 heteroatoms. The number of urea groups is 1. The summed E-state index contributed by atoms with van der Waals surface area (Å²) in [4.78, 5) is 27.9. The van der Waals surface area contributed by atoms with E-state index in [2.05, 4.69) is 5.32 Å². The van der Waals surface area contributed by atoms with E-state index in [1.807, 2.05) is 27.7 Å². The minimum atomic E-state index is -4.47. The lowest BCUT2D eigenvalue weighted by Gasteiger charge is -2.31. The molecule has 1 saturated heterocycles. The number of benzene rings is 1. The fourth-order valence-corrected chi connectivity index (χ4v) is 3.21. The van der Waals surface area contributed by atoms with E-state index in [4.69, 9.17) is 0 Å². The molecule has 1 fully saturated rings. The van der Waals surface area contributed by atoms with Gasteiger partial charge in [0.15, 0.2) is 0 Å². The van der Waals surface area contributed by atoms with E-state index in [-0.39, 0.29) is 30.3 Å². The molecule has 0 radical (unpaired) electrons. The first-order chi connectivity index (χ1) is 12.0. The van der Waals surface area contributed by atoms with Crippen LogP contribution in [0.3, 0.4) is 0 Å². The summed E-state index contributed by atoms with van der Waals surface area (Å²) in [6.45, 7) is 7.78. The molecule has 0 aliphatic carbocycles. The van der Waals surface area contributed by atoms with Crippen LogP contribution in [0.5, 0.6) is 0 Å². The van der Waals surface area contributed by atoms with Gasteiger partial charge in [0, 0.05) is 24.3 Å². The third-order valence-corrected chi connectivity index (χ3v) is 4.34. The number of nitrogens with zero attached hydrogens (tertiary/aromatic N) is 2. The molecule has 1 aliphatic heterocycles. The molecule has 1 aliphatic rings. The first-order valence-corrected chi connectivity index (χ1v) is 8.60. The smallest absolute Gasteiger partial charge is 0.326 e. The Morgan fingerprint density at radius 2 is 1.85 bits per heavy atom. The van der Waals surface area contributed by atoms with Crippen LogP contribution in [0.25, 0.3) is 0 Å². The number of alkyl halides is 3. The van der Waals surface area contributed by atoms with Gasteiger partial charge in [0.05, 0.1) is 5.56 Å². The quantitative estimate of drug-likeness (QED) is 0.879. The summed E-state index contributed by atoms with van der Waals surface area (Å²) in [5.41, 5.74) is -0.618. The Bertz CT molecular complexity index is 666. The van der Waals surface area contributed by atoms with Crippen molar-refractivity contribution in [1.29, 1.82) is 0 Å². The standard InChI is InChI=1S/C18H24F3N3O2/c1-11(2)24(12(3)4)17(26)22-15-8-9-23(16(15)25)14-7-5-6-13(10-14)18(19,20)21/h5-7,10-12,15H,8-9H2,1-4H3,(H,22,26). The van der Waals surface area contributed by atoms with E-state index in [0.29, 0.717) is 6.42 Å². The molecule has 26 heavy (non-hydrogen) atoms. The van der Waals surface area contributed by atoms with Crippen molar-refractivity contribution in [3.05, 3.63) is 29.8 Å². The molecule has 0 spiro atoms. The number of nitrogens with one attached hydrogen (secondary N) is 1. The highest BCUT2D eigenvalue weighted by atomic mass is 19.4. The van der Waals surface area contributed by atoms with Crippen molar-refractivity contribution in [3.63, 3.8) is 0 Å². The van der Waals surface area contributed by atoms with Gasteiger partial charge in [-0.05, 0) is 52.3 Å². The normalized spacial score (nSPS) is 18.0. The second kappa shape index (κ2) is 7.55. The summed E-state index contributed by atoms with van der Waals surface area (Å²) in [6, 6.07) is 3.50. The van der Waals surface area contributed by atoms with Crippen LogP contribution >= 0.6 is 0 Å². The van der Waals surface area contributed by atoms with E-state index in [1.54, 1.807) is 4.90 Å². The second-order valence-corrected chi connectivity index (χ2v) is 6.92. The minimum Gasteiger partial charge on any atom is -0.326 e. The van der Waals surface area contributed by atoms with Crippen LogP contribution in [0.15, 0.2) is 24.3 Å². The zero-order chi connectivity index (χ0) is 19.6. The summed E-state index contributed by atoms with van der Waals surface area (Å²) in [5.74, 6) is -0.398. The molecule has 0 aromatic heterocycles. The van der Waals surface area contributed by atoms with Gasteiger partial charge in [0.25, 0.3) is 0 Å². The van der Waals surface area contributed by atoms with Gasteiger partial charge in [-0.3, -0.25) is 4.79 Å². The minimum absolute atomic E-state index is 0.0360. The zero-order valence-corrected chi connectivity index (χ0v) is 15.3. The number of carbonyl (C=O) groups is 2. The second-order valence-electron chi connectivity index (χ2n) is 6.92. The predicted molar refractivity (Wildman–Crippen MR) is 92.8 cm³/mol. The molecule has 2 rings (SSSR count). The SMILES string of the molecule is CC(C)N(C(=O)NC1CCN(c2cccc(C(F)(F)F)c2)C1=O)C(C)C. The molecule has 1 aromatic rings. The fraction of sp³-hybridized carbons (Fsp3) is 0.556. The van der Waals surface area contributed by atoms with Gasteiger partial charge in [0.1, 0.15) is 6.04 Å². The molecule has 144 valence electrons. The maximum absolute atomic E-state index is 12.9. The molecule has 1 atom stereocenters. The van der Waals surface area contributed by atoms with Gasteiger partial charge in [-0.25, -0.2) is 4.79 Å². The largest absolute Gasteiger partial charge is 0.416 e. The molecule has 1 aromatic carbocycles. The van der Waals surface area contributed by atoms with Crippen molar-refractivity contribution in [2.45, 2.75) is 58.4 Å². The Labute approximate surface area is 151 Å². The van der Waals surface area contributed by atoms with Crippen LogP contribution < -0.4 is 10.2 Å². The average molecular weight is 371 g/mol. The van der Waals surface area contributed by atoms with E-state index in [0.717, 1.165) is 12.1 Å². The lowest BCUT2D eigenvalue weighted by molar-refractivity contribution is -0.137. The summed E-state index contributed by atoms with van der Waals surface area (Å²) in [6.07, 6.45) is -4.12. The Balaban J connectivity index is 2.12. The Morgan fingerprint density at radius 3 is 2.38 bits per heavy atom. The van der Waals surface area contributed by atoms with Crippen molar-refractivity contribution < 1.29 is 22.8 Å². The van der Waals surface area contributed by atoms with E-state index in [1.165, 1.54) is 17.0 Å². The van der Waals surface area contributed by atoms with Crippen LogP contribution in [0.4, 0.5) is 23.7 Å². The van der Waals surface area contributed by atoms with Gasteiger partial charge in [0.2, 0.25) is 5.91 Å². The molecule has 1 unspecified atom stereocenters. The van der Waals surface area contributed by atoms with Crippen molar-refractivity contribution in [3.8, 4) is 0 Å². The third-order valence-electron chi connectivity index (χ3n) is 4.34. The van der Waals surface area contributed by atoms with Crippen molar-refractivity contribution >= 4 is 17.6 Å². The summed E-state index contributed by atoms with van der Waals surface area (Å²) >= 11 is 0.